The summed E-state index contributed by atoms with van der Waals surface area (Å²) in [7, 11) is -1.06. The summed E-state index contributed by atoms with van der Waals surface area (Å²) in [6.45, 7) is 7.65. The molecule has 0 bridgehead atoms. The average Bonchev–Trinajstić information content (AvgIpc) is 2.39. The Bertz CT molecular complexity index is 209. The van der Waals surface area contributed by atoms with E-state index in [4.69, 9.17) is 8.85 Å². The van der Waals surface area contributed by atoms with E-state index in [0.29, 0.717) is 5.12 Å². The predicted molar refractivity (Wildman–Crippen MR) is 84.7 cm³/mol. The van der Waals surface area contributed by atoms with E-state index >= 15 is 0 Å². The van der Waals surface area contributed by atoms with Crippen molar-refractivity contribution >= 4 is 26.2 Å². The van der Waals surface area contributed by atoms with Gasteiger partial charge in [-0.1, -0.05) is 37.9 Å². The van der Waals surface area contributed by atoms with Gasteiger partial charge in [-0.3, -0.25) is 4.79 Å². The predicted octanol–water partition coefficient (Wildman–Crippen LogP) is 4.17. The number of hydrogen-bond donors (Lipinski definition) is 0. The molecule has 0 aromatic heterocycles. The van der Waals surface area contributed by atoms with Crippen LogP contribution in [-0.2, 0) is 13.6 Å². The van der Waals surface area contributed by atoms with Crippen molar-refractivity contribution in [1.29, 1.82) is 0 Å². The maximum absolute atomic E-state index is 11.5. The zero-order valence-corrected chi connectivity index (χ0v) is 14.5. The topological polar surface area (TPSA) is 35.5 Å². The highest BCUT2D eigenvalue weighted by Gasteiger charge is 2.13. The molecule has 113 valence electrons. The van der Waals surface area contributed by atoms with Gasteiger partial charge in [-0.2, -0.15) is 0 Å². The molecule has 0 saturated heterocycles. The monoisotopic (exact) mass is 305 g/mol. The maximum atomic E-state index is 11.5. The molecule has 0 N–H and O–H groups in total. The minimum atomic E-state index is -1.06. The fourth-order valence-electron chi connectivity index (χ4n) is 1.66. The van der Waals surface area contributed by atoms with Crippen LogP contribution >= 0.6 is 11.8 Å². The Morgan fingerprint density at radius 2 is 1.68 bits per heavy atom. The Hall–Kier alpha value is 0.157. The molecular formula is C14H29O3SSi. The highest BCUT2D eigenvalue weighted by molar-refractivity contribution is 8.13. The minimum absolute atomic E-state index is 0.355. The van der Waals surface area contributed by atoms with Crippen LogP contribution in [0.3, 0.4) is 0 Å². The Labute approximate surface area is 124 Å². The summed E-state index contributed by atoms with van der Waals surface area (Å²) in [5.41, 5.74) is 0. The lowest BCUT2D eigenvalue weighted by Gasteiger charge is -2.12. The summed E-state index contributed by atoms with van der Waals surface area (Å²) in [5.74, 6) is 0.943. The third-order valence-corrected chi connectivity index (χ3v) is 5.64. The van der Waals surface area contributed by atoms with E-state index < -0.39 is 9.28 Å². The molecule has 0 aliphatic carbocycles. The fourth-order valence-corrected chi connectivity index (χ4v) is 4.08. The molecule has 0 aromatic carbocycles. The molecule has 0 amide bonds. The first-order chi connectivity index (χ1) is 9.24. The summed E-state index contributed by atoms with van der Waals surface area (Å²) in [6, 6.07) is 1.02. The molecule has 0 heterocycles. The number of thioether (sulfide) groups is 1. The van der Waals surface area contributed by atoms with Crippen molar-refractivity contribution in [2.45, 2.75) is 65.3 Å². The first-order valence-electron chi connectivity index (χ1n) is 7.51. The largest absolute Gasteiger partial charge is 0.394 e. The lowest BCUT2D eigenvalue weighted by atomic mass is 10.2. The van der Waals surface area contributed by atoms with Crippen LogP contribution in [0, 0.1) is 0 Å². The molecule has 0 atom stereocenters. The van der Waals surface area contributed by atoms with Gasteiger partial charge in [0.2, 0.25) is 0 Å². The quantitative estimate of drug-likeness (QED) is 0.378. The molecular weight excluding hydrogens is 276 g/mol. The van der Waals surface area contributed by atoms with Gasteiger partial charge in [-0.15, -0.1) is 0 Å². The SMILES string of the molecule is CCCCCC(=O)SCCCC[Si](OCC)OCC. The van der Waals surface area contributed by atoms with Gasteiger partial charge < -0.3 is 8.85 Å². The van der Waals surface area contributed by atoms with Gasteiger partial charge in [-0.05, 0) is 32.7 Å². The van der Waals surface area contributed by atoms with E-state index in [-0.39, 0.29) is 0 Å². The highest BCUT2D eigenvalue weighted by atomic mass is 32.2. The number of carbonyl (C=O) groups excluding carboxylic acids is 1. The second-order valence-corrected chi connectivity index (χ2v) is 7.35. The molecule has 0 fully saturated rings. The Morgan fingerprint density at radius 1 is 1.00 bits per heavy atom. The van der Waals surface area contributed by atoms with Crippen molar-refractivity contribution in [2.75, 3.05) is 19.0 Å². The number of carbonyl (C=O) groups is 1. The van der Waals surface area contributed by atoms with Crippen LogP contribution in [-0.4, -0.2) is 33.4 Å². The molecule has 0 aromatic rings. The van der Waals surface area contributed by atoms with Crippen molar-refractivity contribution < 1.29 is 13.6 Å². The van der Waals surface area contributed by atoms with Crippen LogP contribution in [0.15, 0.2) is 0 Å². The highest BCUT2D eigenvalue weighted by Crippen LogP contribution is 2.14. The number of rotatable bonds is 13. The molecule has 0 rings (SSSR count). The van der Waals surface area contributed by atoms with Gasteiger partial charge in [0.25, 0.3) is 0 Å². The van der Waals surface area contributed by atoms with Crippen LogP contribution in [0.1, 0.15) is 59.3 Å². The third-order valence-electron chi connectivity index (χ3n) is 2.63. The summed E-state index contributed by atoms with van der Waals surface area (Å²) < 4.78 is 11.2. The van der Waals surface area contributed by atoms with Gasteiger partial charge in [0.05, 0.1) is 0 Å². The van der Waals surface area contributed by atoms with E-state index in [9.17, 15) is 4.79 Å². The molecule has 0 aliphatic heterocycles. The molecule has 3 nitrogen and oxygen atoms in total. The standard InChI is InChI=1S/C14H29O3SSi/c1-4-7-8-11-14(15)18-12-9-10-13-19(16-5-2)17-6-3/h4-13H2,1-3H3. The molecule has 0 aliphatic rings. The van der Waals surface area contributed by atoms with Crippen LogP contribution in [0.25, 0.3) is 0 Å². The first-order valence-corrected chi connectivity index (χ1v) is 10.0. The smallest absolute Gasteiger partial charge is 0.384 e. The van der Waals surface area contributed by atoms with Crippen LogP contribution in [0.2, 0.25) is 6.04 Å². The van der Waals surface area contributed by atoms with Crippen molar-refractivity contribution in [2.24, 2.45) is 0 Å². The molecule has 0 spiro atoms. The average molecular weight is 306 g/mol. The summed E-state index contributed by atoms with van der Waals surface area (Å²) in [4.78, 5) is 11.5. The number of hydrogen-bond acceptors (Lipinski definition) is 4. The zero-order chi connectivity index (χ0) is 14.3. The van der Waals surface area contributed by atoms with Gasteiger partial charge in [0.1, 0.15) is 0 Å². The molecule has 0 unspecified atom stereocenters. The summed E-state index contributed by atoms with van der Waals surface area (Å²) in [6.07, 6.45) is 6.32. The Balaban J connectivity index is 3.44. The second kappa shape index (κ2) is 14.6. The van der Waals surface area contributed by atoms with Crippen LogP contribution < -0.4 is 0 Å². The Kier molecular flexibility index (Phi) is 14.7. The lowest BCUT2D eigenvalue weighted by molar-refractivity contribution is -0.111. The van der Waals surface area contributed by atoms with Crippen molar-refractivity contribution in [3.63, 3.8) is 0 Å². The van der Waals surface area contributed by atoms with E-state index in [0.717, 1.165) is 50.7 Å². The minimum Gasteiger partial charge on any atom is -0.394 e. The van der Waals surface area contributed by atoms with Crippen LogP contribution in [0.4, 0.5) is 0 Å². The zero-order valence-electron chi connectivity index (χ0n) is 12.7. The number of unbranched alkanes of at least 4 members (excludes halogenated alkanes) is 3. The molecule has 0 saturated carbocycles. The third kappa shape index (κ3) is 12.9. The summed E-state index contributed by atoms with van der Waals surface area (Å²) >= 11 is 1.50. The first kappa shape index (κ1) is 19.2. The van der Waals surface area contributed by atoms with E-state index in [1.54, 1.807) is 0 Å². The lowest BCUT2D eigenvalue weighted by Crippen LogP contribution is -2.22. The summed E-state index contributed by atoms with van der Waals surface area (Å²) in [5, 5.41) is 0.355. The van der Waals surface area contributed by atoms with Gasteiger partial charge in [0.15, 0.2) is 5.12 Å². The molecule has 5 heteroatoms. The van der Waals surface area contributed by atoms with Crippen molar-refractivity contribution in [3.05, 3.63) is 0 Å². The van der Waals surface area contributed by atoms with Gasteiger partial charge in [-0.25, -0.2) is 0 Å². The van der Waals surface area contributed by atoms with E-state index in [2.05, 4.69) is 6.92 Å². The molecule has 19 heavy (non-hydrogen) atoms. The van der Waals surface area contributed by atoms with Gasteiger partial charge in [0, 0.05) is 25.4 Å². The van der Waals surface area contributed by atoms with Crippen molar-refractivity contribution in [1.82, 2.24) is 0 Å². The van der Waals surface area contributed by atoms with E-state index in [1.807, 2.05) is 13.8 Å². The molecule has 1 radical (unpaired) electrons. The van der Waals surface area contributed by atoms with Gasteiger partial charge >= 0.3 is 9.28 Å². The second-order valence-electron chi connectivity index (χ2n) is 4.37. The normalized spacial score (nSPS) is 11.2. The fraction of sp³-hybridized carbons (Fsp3) is 0.929. The van der Waals surface area contributed by atoms with Crippen LogP contribution in [0.5, 0.6) is 0 Å². The Morgan fingerprint density at radius 3 is 2.26 bits per heavy atom. The van der Waals surface area contributed by atoms with Crippen molar-refractivity contribution in [3.8, 4) is 0 Å². The van der Waals surface area contributed by atoms with E-state index in [1.165, 1.54) is 24.6 Å². The maximum Gasteiger partial charge on any atom is 0.384 e.